The second-order valence-corrected chi connectivity index (χ2v) is 4.31. The van der Waals surface area contributed by atoms with Gasteiger partial charge in [-0.15, -0.1) is 0 Å². The van der Waals surface area contributed by atoms with E-state index in [1.807, 2.05) is 14.1 Å². The molecule has 0 radical (unpaired) electrons. The van der Waals surface area contributed by atoms with Crippen molar-refractivity contribution in [3.8, 4) is 0 Å². The van der Waals surface area contributed by atoms with Crippen molar-refractivity contribution in [1.82, 2.24) is 9.80 Å². The fourth-order valence-corrected chi connectivity index (χ4v) is 0.925. The summed E-state index contributed by atoms with van der Waals surface area (Å²) in [5.74, 6) is -0.0534. The number of amides is 1. The fourth-order valence-electron chi connectivity index (χ4n) is 0.925. The van der Waals surface area contributed by atoms with Crippen molar-refractivity contribution in [2.24, 2.45) is 0 Å². The molecule has 82 valence electrons. The maximum Gasteiger partial charge on any atom is 0.237 e. The van der Waals surface area contributed by atoms with E-state index < -0.39 is 5.54 Å². The van der Waals surface area contributed by atoms with Crippen LogP contribution in [0.4, 0.5) is 0 Å². The standard InChI is InChI=1S/C10H20N2O2/c1-8(13)10(2,3)12(6)9(14)7-11(4)5/h7H2,1-6H3. The molecule has 0 heterocycles. The average molecular weight is 200 g/mol. The molecule has 0 N–H and O–H groups in total. The third-order valence-corrected chi connectivity index (χ3v) is 2.53. The predicted molar refractivity (Wildman–Crippen MR) is 56.1 cm³/mol. The Labute approximate surface area is 85.9 Å². The Bertz CT molecular complexity index is 234. The van der Waals surface area contributed by atoms with E-state index >= 15 is 0 Å². The van der Waals surface area contributed by atoms with Gasteiger partial charge in [0.25, 0.3) is 0 Å². The summed E-state index contributed by atoms with van der Waals surface area (Å²) in [6, 6.07) is 0. The van der Waals surface area contributed by atoms with Crippen LogP contribution in [0.3, 0.4) is 0 Å². The van der Waals surface area contributed by atoms with Crippen LogP contribution in [0, 0.1) is 0 Å². The van der Waals surface area contributed by atoms with E-state index in [0.717, 1.165) is 0 Å². The minimum atomic E-state index is -0.715. The van der Waals surface area contributed by atoms with Gasteiger partial charge >= 0.3 is 0 Å². The number of carbonyl (C=O) groups excluding carboxylic acids is 2. The second-order valence-electron chi connectivity index (χ2n) is 4.31. The van der Waals surface area contributed by atoms with Gasteiger partial charge in [-0.2, -0.15) is 0 Å². The lowest BCUT2D eigenvalue weighted by Crippen LogP contribution is -2.52. The molecule has 0 saturated carbocycles. The zero-order chi connectivity index (χ0) is 11.5. The zero-order valence-corrected chi connectivity index (χ0v) is 9.92. The molecule has 0 saturated heterocycles. The Kier molecular flexibility index (Phi) is 4.26. The molecular weight excluding hydrogens is 180 g/mol. The molecule has 0 atom stereocenters. The number of ketones is 1. The van der Waals surface area contributed by atoms with Crippen LogP contribution in [0.1, 0.15) is 20.8 Å². The van der Waals surface area contributed by atoms with Gasteiger partial charge in [0.05, 0.1) is 12.1 Å². The van der Waals surface area contributed by atoms with Crippen LogP contribution in [0.5, 0.6) is 0 Å². The lowest BCUT2D eigenvalue weighted by molar-refractivity contribution is -0.142. The van der Waals surface area contributed by atoms with Gasteiger partial charge in [-0.25, -0.2) is 0 Å². The molecule has 0 aromatic carbocycles. The Balaban J connectivity index is 4.53. The molecule has 0 aromatic heterocycles. The Hall–Kier alpha value is -0.900. The quantitative estimate of drug-likeness (QED) is 0.658. The van der Waals surface area contributed by atoms with Crippen LogP contribution >= 0.6 is 0 Å². The summed E-state index contributed by atoms with van der Waals surface area (Å²) in [5, 5.41) is 0. The molecule has 4 nitrogen and oxygen atoms in total. The molecule has 0 unspecified atom stereocenters. The lowest BCUT2D eigenvalue weighted by Gasteiger charge is -2.34. The minimum Gasteiger partial charge on any atom is -0.332 e. The molecule has 1 amide bonds. The van der Waals surface area contributed by atoms with Crippen molar-refractivity contribution in [3.63, 3.8) is 0 Å². The third kappa shape index (κ3) is 3.10. The smallest absolute Gasteiger partial charge is 0.237 e. The van der Waals surface area contributed by atoms with Gasteiger partial charge in [0.2, 0.25) is 5.91 Å². The topological polar surface area (TPSA) is 40.6 Å². The Morgan fingerprint density at radius 1 is 1.14 bits per heavy atom. The summed E-state index contributed by atoms with van der Waals surface area (Å²) < 4.78 is 0. The van der Waals surface area contributed by atoms with Gasteiger partial charge in [0.15, 0.2) is 5.78 Å². The van der Waals surface area contributed by atoms with Crippen molar-refractivity contribution >= 4 is 11.7 Å². The van der Waals surface area contributed by atoms with E-state index in [2.05, 4.69) is 0 Å². The largest absolute Gasteiger partial charge is 0.332 e. The number of rotatable bonds is 4. The fraction of sp³-hybridized carbons (Fsp3) is 0.800. The van der Waals surface area contributed by atoms with Crippen LogP contribution in [0.2, 0.25) is 0 Å². The minimum absolute atomic E-state index is 0.00731. The van der Waals surface area contributed by atoms with Crippen LogP contribution < -0.4 is 0 Å². The highest BCUT2D eigenvalue weighted by molar-refractivity contribution is 5.91. The molecule has 14 heavy (non-hydrogen) atoms. The summed E-state index contributed by atoms with van der Waals surface area (Å²) in [4.78, 5) is 26.2. The molecule has 0 aliphatic heterocycles. The highest BCUT2D eigenvalue weighted by Crippen LogP contribution is 2.13. The Morgan fingerprint density at radius 3 is 1.86 bits per heavy atom. The summed E-state index contributed by atoms with van der Waals surface area (Å²) >= 11 is 0. The highest BCUT2D eigenvalue weighted by atomic mass is 16.2. The highest BCUT2D eigenvalue weighted by Gasteiger charge is 2.31. The molecule has 4 heteroatoms. The van der Waals surface area contributed by atoms with Crippen LogP contribution in [-0.2, 0) is 9.59 Å². The van der Waals surface area contributed by atoms with Gasteiger partial charge in [0.1, 0.15) is 0 Å². The summed E-state index contributed by atoms with van der Waals surface area (Å²) in [5.41, 5.74) is -0.715. The maximum absolute atomic E-state index is 11.6. The normalized spacial score (nSPS) is 11.6. The van der Waals surface area contributed by atoms with Gasteiger partial charge in [-0.3, -0.25) is 9.59 Å². The average Bonchev–Trinajstić information content (AvgIpc) is 2.01. The lowest BCUT2D eigenvalue weighted by atomic mass is 9.98. The number of nitrogens with zero attached hydrogens (tertiary/aromatic N) is 2. The van der Waals surface area contributed by atoms with E-state index in [1.54, 1.807) is 25.8 Å². The maximum atomic E-state index is 11.6. The molecule has 0 fully saturated rings. The first-order valence-corrected chi connectivity index (χ1v) is 4.62. The number of likely N-dealkylation sites (N-methyl/N-ethyl adjacent to an activating group) is 2. The predicted octanol–water partition coefficient (Wildman–Crippen LogP) is 0.374. The van der Waals surface area contributed by atoms with Crippen LogP contribution in [-0.4, -0.2) is 54.7 Å². The SMILES string of the molecule is CC(=O)C(C)(C)N(C)C(=O)CN(C)C. The van der Waals surface area contributed by atoms with Gasteiger partial charge in [-0.05, 0) is 34.9 Å². The van der Waals surface area contributed by atoms with Crippen LogP contribution in [0.15, 0.2) is 0 Å². The van der Waals surface area contributed by atoms with Crippen molar-refractivity contribution in [3.05, 3.63) is 0 Å². The number of carbonyl (C=O) groups is 2. The van der Waals surface area contributed by atoms with Gasteiger partial charge in [-0.1, -0.05) is 0 Å². The zero-order valence-electron chi connectivity index (χ0n) is 9.92. The van der Waals surface area contributed by atoms with Crippen molar-refractivity contribution in [2.75, 3.05) is 27.7 Å². The first-order valence-electron chi connectivity index (χ1n) is 4.62. The summed E-state index contributed by atoms with van der Waals surface area (Å²) in [7, 11) is 5.31. The summed E-state index contributed by atoms with van der Waals surface area (Å²) in [6.45, 7) is 5.33. The van der Waals surface area contributed by atoms with E-state index in [0.29, 0.717) is 6.54 Å². The van der Waals surface area contributed by atoms with Crippen molar-refractivity contribution in [1.29, 1.82) is 0 Å². The van der Waals surface area contributed by atoms with Crippen LogP contribution in [0.25, 0.3) is 0 Å². The first kappa shape index (κ1) is 13.1. The molecule has 0 aromatic rings. The number of hydrogen-bond acceptors (Lipinski definition) is 3. The van der Waals surface area contributed by atoms with E-state index in [-0.39, 0.29) is 11.7 Å². The van der Waals surface area contributed by atoms with Gasteiger partial charge < -0.3 is 9.80 Å². The first-order chi connectivity index (χ1) is 6.19. The second kappa shape index (κ2) is 4.55. The van der Waals surface area contributed by atoms with E-state index in [4.69, 9.17) is 0 Å². The molecule has 0 rings (SSSR count). The Morgan fingerprint density at radius 2 is 1.57 bits per heavy atom. The molecule has 0 bridgehead atoms. The van der Waals surface area contributed by atoms with E-state index in [9.17, 15) is 9.59 Å². The van der Waals surface area contributed by atoms with E-state index in [1.165, 1.54) is 11.8 Å². The third-order valence-electron chi connectivity index (χ3n) is 2.53. The monoisotopic (exact) mass is 200 g/mol. The number of Topliss-reactive ketones (excluding diaryl/α,β-unsaturated/α-hetero) is 1. The summed E-state index contributed by atoms with van der Waals surface area (Å²) in [6.07, 6.45) is 0. The molecular formula is C10H20N2O2. The molecule has 0 spiro atoms. The van der Waals surface area contributed by atoms with Crippen molar-refractivity contribution < 1.29 is 9.59 Å². The van der Waals surface area contributed by atoms with Gasteiger partial charge in [0, 0.05) is 7.05 Å². The molecule has 0 aliphatic carbocycles. The van der Waals surface area contributed by atoms with Crippen molar-refractivity contribution in [2.45, 2.75) is 26.3 Å². The molecule has 0 aliphatic rings. The number of hydrogen-bond donors (Lipinski definition) is 0.